The highest BCUT2D eigenvalue weighted by molar-refractivity contribution is 7.90. The van der Waals surface area contributed by atoms with Crippen LogP contribution in [0.3, 0.4) is 0 Å². The molecule has 1 amide bonds. The summed E-state index contributed by atoms with van der Waals surface area (Å²) in [7, 11) is -3.24. The van der Waals surface area contributed by atoms with Crippen LogP contribution in [0.25, 0.3) is 0 Å². The average Bonchev–Trinajstić information content (AvgIpc) is 3.00. The van der Waals surface area contributed by atoms with Crippen LogP contribution in [0.2, 0.25) is 0 Å². The molecule has 0 aromatic heterocycles. The topological polar surface area (TPSA) is 63.2 Å². The van der Waals surface area contributed by atoms with Crippen molar-refractivity contribution in [1.29, 1.82) is 0 Å². The van der Waals surface area contributed by atoms with Gasteiger partial charge in [-0.2, -0.15) is 0 Å². The normalized spacial score (nSPS) is 28.6. The summed E-state index contributed by atoms with van der Waals surface area (Å²) in [6.45, 7) is 0. The zero-order chi connectivity index (χ0) is 14.3. The second-order valence-electron chi connectivity index (χ2n) is 6.07. The summed E-state index contributed by atoms with van der Waals surface area (Å²) in [6, 6.07) is 6.47. The number of anilines is 1. The highest BCUT2D eigenvalue weighted by Crippen LogP contribution is 2.48. The van der Waals surface area contributed by atoms with Gasteiger partial charge in [0.15, 0.2) is 9.84 Å². The minimum absolute atomic E-state index is 0.0443. The fourth-order valence-corrected chi connectivity index (χ4v) is 4.27. The van der Waals surface area contributed by atoms with Crippen molar-refractivity contribution < 1.29 is 13.2 Å². The Balaban J connectivity index is 1.73. The van der Waals surface area contributed by atoms with E-state index in [0.29, 0.717) is 11.6 Å². The predicted molar refractivity (Wildman–Crippen MR) is 77.1 cm³/mol. The van der Waals surface area contributed by atoms with Crippen LogP contribution in [-0.2, 0) is 14.6 Å². The SMILES string of the molecule is CS(=O)(=O)c1cccc(NC(=O)C2CC3CCC2C3)c1. The lowest BCUT2D eigenvalue weighted by Gasteiger charge is -2.20. The van der Waals surface area contributed by atoms with Crippen molar-refractivity contribution >= 4 is 21.4 Å². The highest BCUT2D eigenvalue weighted by Gasteiger charge is 2.42. The van der Waals surface area contributed by atoms with Crippen LogP contribution in [0.1, 0.15) is 25.7 Å². The number of fused-ring (bicyclic) bond motifs is 2. The molecule has 2 saturated carbocycles. The quantitative estimate of drug-likeness (QED) is 0.931. The van der Waals surface area contributed by atoms with E-state index in [1.807, 2.05) is 0 Å². The summed E-state index contributed by atoms with van der Waals surface area (Å²) in [5, 5.41) is 2.88. The van der Waals surface area contributed by atoms with Gasteiger partial charge in [-0.05, 0) is 49.3 Å². The predicted octanol–water partition coefficient (Wildman–Crippen LogP) is 2.46. The Labute approximate surface area is 119 Å². The number of amides is 1. The molecule has 2 aliphatic carbocycles. The maximum atomic E-state index is 12.3. The van der Waals surface area contributed by atoms with Gasteiger partial charge >= 0.3 is 0 Å². The Morgan fingerprint density at radius 3 is 2.65 bits per heavy atom. The maximum absolute atomic E-state index is 12.3. The zero-order valence-corrected chi connectivity index (χ0v) is 12.3. The molecule has 20 heavy (non-hydrogen) atoms. The molecule has 0 spiro atoms. The van der Waals surface area contributed by atoms with Crippen LogP contribution in [0.15, 0.2) is 29.2 Å². The fraction of sp³-hybridized carbons (Fsp3) is 0.533. The first-order chi connectivity index (χ1) is 9.43. The summed E-state index contributed by atoms with van der Waals surface area (Å²) in [6.07, 6.45) is 5.76. The van der Waals surface area contributed by atoms with Crippen LogP contribution in [0, 0.1) is 17.8 Å². The molecule has 0 saturated heterocycles. The van der Waals surface area contributed by atoms with Crippen molar-refractivity contribution in [3.05, 3.63) is 24.3 Å². The molecule has 0 aliphatic heterocycles. The third-order valence-electron chi connectivity index (χ3n) is 4.60. The van der Waals surface area contributed by atoms with E-state index in [2.05, 4.69) is 5.32 Å². The lowest BCUT2D eigenvalue weighted by Crippen LogP contribution is -2.27. The average molecular weight is 293 g/mol. The van der Waals surface area contributed by atoms with Crippen molar-refractivity contribution in [1.82, 2.24) is 0 Å². The summed E-state index contributed by atoms with van der Waals surface area (Å²) in [5.74, 6) is 1.40. The van der Waals surface area contributed by atoms with Crippen molar-refractivity contribution in [3.63, 3.8) is 0 Å². The Hall–Kier alpha value is -1.36. The molecule has 2 fully saturated rings. The summed E-state index contributed by atoms with van der Waals surface area (Å²) >= 11 is 0. The molecular formula is C15H19NO3S. The van der Waals surface area contributed by atoms with Gasteiger partial charge in [-0.25, -0.2) is 8.42 Å². The zero-order valence-electron chi connectivity index (χ0n) is 11.5. The number of benzene rings is 1. The van der Waals surface area contributed by atoms with Gasteiger partial charge in [-0.15, -0.1) is 0 Å². The van der Waals surface area contributed by atoms with Gasteiger partial charge in [-0.1, -0.05) is 12.5 Å². The number of carbonyl (C=O) groups is 1. The summed E-state index contributed by atoms with van der Waals surface area (Å²) < 4.78 is 23.0. The summed E-state index contributed by atoms with van der Waals surface area (Å²) in [4.78, 5) is 12.5. The molecule has 1 aromatic rings. The second-order valence-corrected chi connectivity index (χ2v) is 8.09. The van der Waals surface area contributed by atoms with Gasteiger partial charge < -0.3 is 5.32 Å². The molecule has 4 nitrogen and oxygen atoms in total. The van der Waals surface area contributed by atoms with Gasteiger partial charge in [0.25, 0.3) is 0 Å². The summed E-state index contributed by atoms with van der Waals surface area (Å²) in [5.41, 5.74) is 0.570. The molecule has 0 heterocycles. The van der Waals surface area contributed by atoms with Crippen molar-refractivity contribution in [3.8, 4) is 0 Å². The first-order valence-electron chi connectivity index (χ1n) is 7.04. The minimum Gasteiger partial charge on any atom is -0.326 e. The van der Waals surface area contributed by atoms with Gasteiger partial charge in [0.1, 0.15) is 0 Å². The Bertz CT molecular complexity index is 638. The number of carbonyl (C=O) groups excluding carboxylic acids is 1. The van der Waals surface area contributed by atoms with E-state index >= 15 is 0 Å². The molecule has 3 unspecified atom stereocenters. The molecule has 2 aliphatic rings. The fourth-order valence-electron chi connectivity index (χ4n) is 3.61. The number of sulfone groups is 1. The molecule has 3 atom stereocenters. The molecule has 108 valence electrons. The number of nitrogens with one attached hydrogen (secondary N) is 1. The van der Waals surface area contributed by atoms with E-state index in [-0.39, 0.29) is 16.7 Å². The van der Waals surface area contributed by atoms with Crippen LogP contribution in [0.5, 0.6) is 0 Å². The first-order valence-corrected chi connectivity index (χ1v) is 8.93. The molecule has 0 radical (unpaired) electrons. The first kappa shape index (κ1) is 13.6. The van der Waals surface area contributed by atoms with Gasteiger partial charge in [0.05, 0.1) is 4.90 Å². The van der Waals surface area contributed by atoms with Crippen LogP contribution < -0.4 is 5.32 Å². The second kappa shape index (κ2) is 4.88. The Morgan fingerprint density at radius 1 is 1.25 bits per heavy atom. The monoisotopic (exact) mass is 293 g/mol. The lowest BCUT2D eigenvalue weighted by atomic mass is 9.88. The largest absolute Gasteiger partial charge is 0.326 e. The number of rotatable bonds is 3. The third kappa shape index (κ3) is 2.59. The van der Waals surface area contributed by atoms with Crippen LogP contribution >= 0.6 is 0 Å². The van der Waals surface area contributed by atoms with E-state index < -0.39 is 9.84 Å². The van der Waals surface area contributed by atoms with E-state index in [0.717, 1.165) is 18.8 Å². The van der Waals surface area contributed by atoms with Crippen molar-refractivity contribution in [2.75, 3.05) is 11.6 Å². The lowest BCUT2D eigenvalue weighted by molar-refractivity contribution is -0.121. The Morgan fingerprint density at radius 2 is 2.05 bits per heavy atom. The van der Waals surface area contributed by atoms with E-state index in [1.165, 1.54) is 25.2 Å². The molecule has 2 bridgehead atoms. The van der Waals surface area contributed by atoms with Crippen molar-refractivity contribution in [2.45, 2.75) is 30.6 Å². The van der Waals surface area contributed by atoms with E-state index in [1.54, 1.807) is 18.2 Å². The molecule has 3 rings (SSSR count). The molecule has 5 heteroatoms. The molecule has 1 aromatic carbocycles. The Kier molecular flexibility index (Phi) is 3.32. The minimum atomic E-state index is -3.24. The smallest absolute Gasteiger partial charge is 0.227 e. The van der Waals surface area contributed by atoms with Crippen LogP contribution in [0.4, 0.5) is 5.69 Å². The van der Waals surface area contributed by atoms with Gasteiger partial charge in [0, 0.05) is 17.9 Å². The highest BCUT2D eigenvalue weighted by atomic mass is 32.2. The van der Waals surface area contributed by atoms with Crippen molar-refractivity contribution in [2.24, 2.45) is 17.8 Å². The third-order valence-corrected chi connectivity index (χ3v) is 5.71. The van der Waals surface area contributed by atoms with E-state index in [4.69, 9.17) is 0 Å². The molecule has 1 N–H and O–H groups in total. The standard InChI is InChI=1S/C15H19NO3S/c1-20(18,19)13-4-2-3-12(9-13)16-15(17)14-8-10-5-6-11(14)7-10/h2-4,9-11,14H,5-8H2,1H3,(H,16,17). The number of hydrogen-bond acceptors (Lipinski definition) is 3. The van der Waals surface area contributed by atoms with E-state index in [9.17, 15) is 13.2 Å². The van der Waals surface area contributed by atoms with Crippen LogP contribution in [-0.4, -0.2) is 20.6 Å². The maximum Gasteiger partial charge on any atom is 0.227 e. The molecular weight excluding hydrogens is 274 g/mol. The van der Waals surface area contributed by atoms with Gasteiger partial charge in [0.2, 0.25) is 5.91 Å². The number of hydrogen-bond donors (Lipinski definition) is 1. The van der Waals surface area contributed by atoms with Gasteiger partial charge in [-0.3, -0.25) is 4.79 Å².